The van der Waals surface area contributed by atoms with Gasteiger partial charge in [0.1, 0.15) is 0 Å². The molecule has 4 N–H and O–H groups in total. The second kappa shape index (κ2) is 6.76. The first kappa shape index (κ1) is 12.4. The Balaban J connectivity index is 1.98. The van der Waals surface area contributed by atoms with Crippen LogP contribution in [0.3, 0.4) is 0 Å². The molecule has 1 atom stereocenters. The summed E-state index contributed by atoms with van der Waals surface area (Å²) in [6, 6.07) is -0.584. The van der Waals surface area contributed by atoms with Crippen LogP contribution in [0.2, 0.25) is 0 Å². The summed E-state index contributed by atoms with van der Waals surface area (Å²) >= 11 is 0. The predicted octanol–water partition coefficient (Wildman–Crippen LogP) is -0.368. The fourth-order valence-corrected chi connectivity index (χ4v) is 1.52. The van der Waals surface area contributed by atoms with E-state index in [0.717, 1.165) is 32.7 Å². The Morgan fingerprint density at radius 3 is 2.73 bits per heavy atom. The molecule has 1 fully saturated rings. The summed E-state index contributed by atoms with van der Waals surface area (Å²) in [5.41, 5.74) is 10.5. The minimum atomic E-state index is -0.584. The number of amides is 1. The number of hydrogen-bond donors (Lipinski definition) is 2. The van der Waals surface area contributed by atoms with Gasteiger partial charge >= 0.3 is 0 Å². The van der Waals surface area contributed by atoms with Gasteiger partial charge in [0.05, 0.1) is 6.04 Å². The van der Waals surface area contributed by atoms with Gasteiger partial charge in [0.15, 0.2) is 0 Å². The van der Waals surface area contributed by atoms with Gasteiger partial charge in [0, 0.05) is 26.4 Å². The van der Waals surface area contributed by atoms with Crippen LogP contribution in [0.25, 0.3) is 0 Å². The summed E-state index contributed by atoms with van der Waals surface area (Å²) < 4.78 is 10.7. The van der Waals surface area contributed by atoms with Crippen molar-refractivity contribution in [2.45, 2.75) is 25.3 Å². The zero-order valence-electron chi connectivity index (χ0n) is 8.98. The summed E-state index contributed by atoms with van der Waals surface area (Å²) in [7, 11) is 0. The summed E-state index contributed by atoms with van der Waals surface area (Å²) in [5, 5.41) is 0. The lowest BCUT2D eigenvalue weighted by molar-refractivity contribution is -0.119. The van der Waals surface area contributed by atoms with Crippen molar-refractivity contribution < 1.29 is 14.3 Å². The van der Waals surface area contributed by atoms with E-state index >= 15 is 0 Å². The summed E-state index contributed by atoms with van der Waals surface area (Å²) in [4.78, 5) is 10.6. The van der Waals surface area contributed by atoms with Crippen LogP contribution in [-0.2, 0) is 14.3 Å². The fraction of sp³-hybridized carbons (Fsp3) is 0.900. The van der Waals surface area contributed by atoms with Crippen molar-refractivity contribution in [2.75, 3.05) is 26.4 Å². The van der Waals surface area contributed by atoms with Crippen LogP contribution < -0.4 is 11.5 Å². The number of rotatable bonds is 6. The van der Waals surface area contributed by atoms with Crippen LogP contribution in [0.4, 0.5) is 0 Å². The van der Waals surface area contributed by atoms with Crippen LogP contribution in [0.1, 0.15) is 19.3 Å². The van der Waals surface area contributed by atoms with Crippen LogP contribution >= 0.6 is 0 Å². The first-order valence-corrected chi connectivity index (χ1v) is 5.40. The zero-order valence-corrected chi connectivity index (χ0v) is 8.98. The molecule has 88 valence electrons. The third-order valence-corrected chi connectivity index (χ3v) is 2.63. The lowest BCUT2D eigenvalue weighted by Gasteiger charge is -2.21. The van der Waals surface area contributed by atoms with Gasteiger partial charge in [-0.3, -0.25) is 4.79 Å². The van der Waals surface area contributed by atoms with E-state index in [-0.39, 0.29) is 0 Å². The number of hydrogen-bond acceptors (Lipinski definition) is 4. The largest absolute Gasteiger partial charge is 0.381 e. The summed E-state index contributed by atoms with van der Waals surface area (Å²) in [5.74, 6) is 0.119. The Morgan fingerprint density at radius 1 is 1.47 bits per heavy atom. The van der Waals surface area contributed by atoms with E-state index in [1.165, 1.54) is 0 Å². The average Bonchev–Trinajstić information content (AvgIpc) is 2.25. The molecule has 1 rings (SSSR count). The van der Waals surface area contributed by atoms with Crippen molar-refractivity contribution in [3.8, 4) is 0 Å². The van der Waals surface area contributed by atoms with Gasteiger partial charge in [0.25, 0.3) is 0 Å². The molecule has 0 bridgehead atoms. The lowest BCUT2D eigenvalue weighted by atomic mass is 10.0. The monoisotopic (exact) mass is 216 g/mol. The first-order chi connectivity index (χ1) is 7.20. The first-order valence-electron chi connectivity index (χ1n) is 5.40. The van der Waals surface area contributed by atoms with Crippen molar-refractivity contribution in [2.24, 2.45) is 17.4 Å². The molecule has 0 aliphatic carbocycles. The van der Waals surface area contributed by atoms with Gasteiger partial charge in [-0.15, -0.1) is 0 Å². The Bertz CT molecular complexity index is 193. The normalized spacial score (nSPS) is 20.1. The van der Waals surface area contributed by atoms with Gasteiger partial charge in [-0.05, 0) is 25.2 Å². The van der Waals surface area contributed by atoms with Crippen LogP contribution in [-0.4, -0.2) is 38.4 Å². The molecule has 5 nitrogen and oxygen atoms in total. The predicted molar refractivity (Wildman–Crippen MR) is 56.1 cm³/mol. The van der Waals surface area contributed by atoms with E-state index in [0.29, 0.717) is 18.9 Å². The zero-order chi connectivity index (χ0) is 11.1. The molecule has 1 aliphatic heterocycles. The van der Waals surface area contributed by atoms with Gasteiger partial charge in [0.2, 0.25) is 5.91 Å². The third-order valence-electron chi connectivity index (χ3n) is 2.63. The highest BCUT2D eigenvalue weighted by Crippen LogP contribution is 2.14. The maximum atomic E-state index is 10.6. The average molecular weight is 216 g/mol. The van der Waals surface area contributed by atoms with Gasteiger partial charge < -0.3 is 20.9 Å². The third kappa shape index (κ3) is 5.11. The molecule has 1 saturated heterocycles. The van der Waals surface area contributed by atoms with Crippen LogP contribution in [0, 0.1) is 5.92 Å². The maximum Gasteiger partial charge on any atom is 0.234 e. The van der Waals surface area contributed by atoms with Crippen molar-refractivity contribution in [1.82, 2.24) is 0 Å². The number of nitrogens with two attached hydrogens (primary N) is 2. The van der Waals surface area contributed by atoms with Gasteiger partial charge in [-0.25, -0.2) is 0 Å². The van der Waals surface area contributed by atoms with Crippen molar-refractivity contribution in [3.63, 3.8) is 0 Å². The van der Waals surface area contributed by atoms with Gasteiger partial charge in [-0.1, -0.05) is 0 Å². The van der Waals surface area contributed by atoms with Crippen LogP contribution in [0.15, 0.2) is 0 Å². The highest BCUT2D eigenvalue weighted by atomic mass is 16.5. The molecule has 0 radical (unpaired) electrons. The molecule has 0 aromatic heterocycles. The Labute approximate surface area is 90.1 Å². The van der Waals surface area contributed by atoms with E-state index in [4.69, 9.17) is 20.9 Å². The second-order valence-electron chi connectivity index (χ2n) is 3.93. The second-order valence-corrected chi connectivity index (χ2v) is 3.93. The number of carbonyl (C=O) groups is 1. The minimum absolute atomic E-state index is 0.468. The maximum absolute atomic E-state index is 10.6. The molecule has 5 heteroatoms. The molecule has 0 saturated carbocycles. The number of primary amides is 1. The number of ether oxygens (including phenoxy) is 2. The fourth-order valence-electron chi connectivity index (χ4n) is 1.52. The molecule has 1 heterocycles. The minimum Gasteiger partial charge on any atom is -0.381 e. The van der Waals surface area contributed by atoms with E-state index in [1.807, 2.05) is 0 Å². The lowest BCUT2D eigenvalue weighted by Crippen LogP contribution is -2.37. The molecule has 1 unspecified atom stereocenters. The van der Waals surface area contributed by atoms with Crippen molar-refractivity contribution in [1.29, 1.82) is 0 Å². The van der Waals surface area contributed by atoms with Crippen LogP contribution in [0.5, 0.6) is 0 Å². The van der Waals surface area contributed by atoms with Crippen molar-refractivity contribution in [3.05, 3.63) is 0 Å². The molecule has 1 amide bonds. The molecule has 15 heavy (non-hydrogen) atoms. The van der Waals surface area contributed by atoms with E-state index in [2.05, 4.69) is 0 Å². The Kier molecular flexibility index (Phi) is 5.60. The summed E-state index contributed by atoms with van der Waals surface area (Å²) in [6.45, 7) is 2.89. The standard InChI is InChI=1S/C10H20N2O3/c11-9(10(12)13)3-6-15-7-8-1-4-14-5-2-8/h8-9H,1-7,11H2,(H2,12,13). The topological polar surface area (TPSA) is 87.6 Å². The molecular formula is C10H20N2O3. The SMILES string of the molecule is NC(=O)C(N)CCOCC1CCOCC1. The highest BCUT2D eigenvalue weighted by molar-refractivity contribution is 5.79. The Morgan fingerprint density at radius 2 is 2.13 bits per heavy atom. The van der Waals surface area contributed by atoms with Gasteiger partial charge in [-0.2, -0.15) is 0 Å². The number of carbonyl (C=O) groups excluding carboxylic acids is 1. The molecule has 1 aliphatic rings. The highest BCUT2D eigenvalue weighted by Gasteiger charge is 2.14. The van der Waals surface area contributed by atoms with Crippen molar-refractivity contribution >= 4 is 5.91 Å². The van der Waals surface area contributed by atoms with E-state index in [1.54, 1.807) is 0 Å². The Hall–Kier alpha value is -0.650. The quantitative estimate of drug-likeness (QED) is 0.593. The molecule has 0 aromatic rings. The van der Waals surface area contributed by atoms with E-state index in [9.17, 15) is 4.79 Å². The molecule has 0 aromatic carbocycles. The summed E-state index contributed by atoms with van der Waals surface area (Å²) in [6.07, 6.45) is 2.61. The smallest absolute Gasteiger partial charge is 0.234 e. The van der Waals surface area contributed by atoms with E-state index < -0.39 is 11.9 Å². The molecule has 0 spiro atoms. The molecular weight excluding hydrogens is 196 g/mol.